The van der Waals surface area contributed by atoms with Gasteiger partial charge in [0.25, 0.3) is 6.43 Å². The van der Waals surface area contributed by atoms with Crippen LogP contribution in [0.25, 0.3) is 0 Å². The monoisotopic (exact) mass is 387 g/mol. The van der Waals surface area contributed by atoms with Crippen LogP contribution in [0.4, 0.5) is 22.0 Å². The van der Waals surface area contributed by atoms with Gasteiger partial charge in [-0.25, -0.2) is 8.78 Å². The Morgan fingerprint density at radius 1 is 1.41 bits per heavy atom. The first kappa shape index (κ1) is 14.7. The predicted molar refractivity (Wildman–Crippen MR) is 58.2 cm³/mol. The van der Waals surface area contributed by atoms with E-state index in [0.717, 1.165) is 0 Å². The molecule has 96 valence electrons. The molecule has 0 unspecified atom stereocenters. The number of ether oxygens (including phenoxy) is 1. The maximum Gasteiger partial charge on any atom is 0.573 e. The van der Waals surface area contributed by atoms with E-state index in [2.05, 4.69) is 9.72 Å². The van der Waals surface area contributed by atoms with Gasteiger partial charge in [0.15, 0.2) is 5.75 Å². The molecule has 0 radical (unpaired) electrons. The van der Waals surface area contributed by atoms with Crippen LogP contribution < -0.4 is 4.74 Å². The number of hydrogen-bond acceptors (Lipinski definition) is 2. The fourth-order valence-electron chi connectivity index (χ4n) is 1.01. The zero-order valence-electron chi connectivity index (χ0n) is 7.86. The molecular formula is C8H4ClF5INO. The third-order valence-electron chi connectivity index (χ3n) is 1.67. The van der Waals surface area contributed by atoms with E-state index in [1.807, 2.05) is 0 Å². The van der Waals surface area contributed by atoms with E-state index in [1.54, 1.807) is 0 Å². The number of alkyl halides is 6. The van der Waals surface area contributed by atoms with Crippen molar-refractivity contribution in [1.29, 1.82) is 0 Å². The van der Waals surface area contributed by atoms with Gasteiger partial charge >= 0.3 is 6.36 Å². The normalized spacial score (nSPS) is 12.0. The van der Waals surface area contributed by atoms with Crippen LogP contribution in [0.15, 0.2) is 6.20 Å². The van der Waals surface area contributed by atoms with Crippen LogP contribution >= 0.6 is 34.2 Å². The summed E-state index contributed by atoms with van der Waals surface area (Å²) in [4.78, 5) is 3.23. The molecule has 1 aromatic heterocycles. The van der Waals surface area contributed by atoms with Crippen LogP contribution in [-0.4, -0.2) is 11.3 Å². The molecule has 1 heterocycles. The predicted octanol–water partition coefficient (Wildman–Crippen LogP) is 4.26. The van der Waals surface area contributed by atoms with Gasteiger partial charge in [-0.2, -0.15) is 0 Å². The van der Waals surface area contributed by atoms with E-state index in [9.17, 15) is 22.0 Å². The van der Waals surface area contributed by atoms with Gasteiger partial charge in [0, 0.05) is 9.13 Å². The highest BCUT2D eigenvalue weighted by atomic mass is 127. The molecule has 9 heteroatoms. The van der Waals surface area contributed by atoms with Crippen molar-refractivity contribution < 1.29 is 26.7 Å². The standard InChI is InChI=1S/C8H4ClF5INO/c9-1-3-4(17-8(12,13)14)2-16-6(5(3)15)7(10)11/h2,7H,1H2. The second-order valence-corrected chi connectivity index (χ2v) is 4.13. The Morgan fingerprint density at radius 3 is 2.41 bits per heavy atom. The number of halogens is 7. The summed E-state index contributed by atoms with van der Waals surface area (Å²) in [7, 11) is 0. The van der Waals surface area contributed by atoms with Crippen molar-refractivity contribution in [1.82, 2.24) is 4.98 Å². The minimum atomic E-state index is -4.92. The third kappa shape index (κ3) is 3.80. The summed E-state index contributed by atoms with van der Waals surface area (Å²) in [5, 5.41) is 0. The minimum absolute atomic E-state index is 0.130. The third-order valence-corrected chi connectivity index (χ3v) is 3.15. The Balaban J connectivity index is 3.21. The fourth-order valence-corrected chi connectivity index (χ4v) is 2.34. The second kappa shape index (κ2) is 5.51. The number of hydrogen-bond donors (Lipinski definition) is 0. The second-order valence-electron chi connectivity index (χ2n) is 2.78. The summed E-state index contributed by atoms with van der Waals surface area (Å²) in [6.07, 6.45) is -7.21. The SMILES string of the molecule is FC(F)c1ncc(OC(F)(F)F)c(CCl)c1I. The average molecular weight is 387 g/mol. The number of pyridine rings is 1. The number of aromatic nitrogens is 1. The van der Waals surface area contributed by atoms with Crippen molar-refractivity contribution in [3.8, 4) is 5.75 Å². The molecule has 0 N–H and O–H groups in total. The maximum atomic E-state index is 12.4. The Kier molecular flexibility index (Phi) is 4.76. The van der Waals surface area contributed by atoms with Gasteiger partial charge < -0.3 is 4.74 Å². The summed E-state index contributed by atoms with van der Waals surface area (Å²) in [6, 6.07) is 0. The van der Waals surface area contributed by atoms with Gasteiger partial charge in [-0.1, -0.05) is 0 Å². The molecule has 17 heavy (non-hydrogen) atoms. The van der Waals surface area contributed by atoms with Gasteiger partial charge in [0.05, 0.1) is 12.1 Å². The van der Waals surface area contributed by atoms with Crippen LogP contribution in [0.2, 0.25) is 0 Å². The molecule has 0 aliphatic carbocycles. The zero-order valence-corrected chi connectivity index (χ0v) is 10.8. The van der Waals surface area contributed by atoms with E-state index in [-0.39, 0.29) is 15.0 Å². The molecule has 0 saturated heterocycles. The average Bonchev–Trinajstić information content (AvgIpc) is 2.15. The molecule has 1 rings (SSSR count). The largest absolute Gasteiger partial charge is 0.573 e. The van der Waals surface area contributed by atoms with Crippen molar-refractivity contribution >= 4 is 34.2 Å². The first-order valence-electron chi connectivity index (χ1n) is 4.03. The summed E-state index contributed by atoms with van der Waals surface area (Å²) in [6.45, 7) is 0. The van der Waals surface area contributed by atoms with Gasteiger partial charge in [0.1, 0.15) is 5.69 Å². The number of rotatable bonds is 3. The van der Waals surface area contributed by atoms with Crippen LogP contribution in [-0.2, 0) is 5.88 Å². The molecule has 0 amide bonds. The summed E-state index contributed by atoms with van der Waals surface area (Å²) < 4.78 is 64.4. The lowest BCUT2D eigenvalue weighted by Gasteiger charge is -2.14. The maximum absolute atomic E-state index is 12.4. The van der Waals surface area contributed by atoms with Crippen LogP contribution in [0.5, 0.6) is 5.75 Å². The van der Waals surface area contributed by atoms with E-state index >= 15 is 0 Å². The molecular weight excluding hydrogens is 383 g/mol. The Morgan fingerprint density at radius 2 is 2.00 bits per heavy atom. The molecule has 1 aromatic rings. The highest BCUT2D eigenvalue weighted by molar-refractivity contribution is 14.1. The van der Waals surface area contributed by atoms with Crippen LogP contribution in [0.1, 0.15) is 17.7 Å². The molecule has 0 bridgehead atoms. The molecule has 0 aromatic carbocycles. The van der Waals surface area contributed by atoms with Crippen LogP contribution in [0.3, 0.4) is 0 Å². The minimum Gasteiger partial charge on any atom is -0.404 e. The topological polar surface area (TPSA) is 22.1 Å². The highest BCUT2D eigenvalue weighted by Crippen LogP contribution is 2.34. The quantitative estimate of drug-likeness (QED) is 0.439. The summed E-state index contributed by atoms with van der Waals surface area (Å²) in [5.74, 6) is -1.05. The smallest absolute Gasteiger partial charge is 0.404 e. The summed E-state index contributed by atoms with van der Waals surface area (Å²) >= 11 is 6.88. The van der Waals surface area contributed by atoms with Crippen LogP contribution in [0, 0.1) is 3.57 Å². The lowest BCUT2D eigenvalue weighted by molar-refractivity contribution is -0.275. The fraction of sp³-hybridized carbons (Fsp3) is 0.375. The zero-order chi connectivity index (χ0) is 13.2. The Hall–Kier alpha value is -0.380. The lowest BCUT2D eigenvalue weighted by atomic mass is 10.2. The van der Waals surface area contributed by atoms with Gasteiger partial charge in [-0.3, -0.25) is 4.98 Å². The Labute approximate surface area is 111 Å². The van der Waals surface area contributed by atoms with Crippen molar-refractivity contribution in [3.63, 3.8) is 0 Å². The summed E-state index contributed by atoms with van der Waals surface area (Å²) in [5.41, 5.74) is -0.773. The lowest BCUT2D eigenvalue weighted by Crippen LogP contribution is -2.19. The van der Waals surface area contributed by atoms with E-state index < -0.39 is 24.2 Å². The molecule has 0 saturated carbocycles. The molecule has 0 aliphatic rings. The van der Waals surface area contributed by atoms with E-state index in [1.165, 1.54) is 22.6 Å². The highest BCUT2D eigenvalue weighted by Gasteiger charge is 2.33. The van der Waals surface area contributed by atoms with Gasteiger partial charge in [0.2, 0.25) is 0 Å². The van der Waals surface area contributed by atoms with Gasteiger partial charge in [-0.15, -0.1) is 24.8 Å². The first-order chi connectivity index (χ1) is 7.76. The van der Waals surface area contributed by atoms with Crippen molar-refractivity contribution in [3.05, 3.63) is 21.0 Å². The van der Waals surface area contributed by atoms with Crippen molar-refractivity contribution in [2.45, 2.75) is 18.7 Å². The van der Waals surface area contributed by atoms with Crippen molar-refractivity contribution in [2.24, 2.45) is 0 Å². The molecule has 2 nitrogen and oxygen atoms in total. The van der Waals surface area contributed by atoms with Gasteiger partial charge in [-0.05, 0) is 22.6 Å². The molecule has 0 spiro atoms. The number of nitrogens with zero attached hydrogens (tertiary/aromatic N) is 1. The van der Waals surface area contributed by atoms with Crippen molar-refractivity contribution in [2.75, 3.05) is 0 Å². The first-order valence-corrected chi connectivity index (χ1v) is 5.64. The molecule has 0 atom stereocenters. The van der Waals surface area contributed by atoms with E-state index in [0.29, 0.717) is 6.20 Å². The molecule has 0 fully saturated rings. The molecule has 0 aliphatic heterocycles. The Bertz CT molecular complexity index is 412. The van der Waals surface area contributed by atoms with E-state index in [4.69, 9.17) is 11.6 Å².